The first-order chi connectivity index (χ1) is 10.8. The van der Waals surface area contributed by atoms with Crippen molar-refractivity contribution in [1.29, 1.82) is 0 Å². The number of nitrogens with zero attached hydrogens (tertiary/aromatic N) is 1. The van der Waals surface area contributed by atoms with Gasteiger partial charge in [0, 0.05) is 32.3 Å². The average molecular weight is 320 g/mol. The Hall–Kier alpha value is -1.92. The Kier molecular flexibility index (Phi) is 6.86. The van der Waals surface area contributed by atoms with E-state index in [4.69, 9.17) is 9.47 Å². The van der Waals surface area contributed by atoms with Gasteiger partial charge in [0.15, 0.2) is 0 Å². The number of rotatable bonds is 9. The molecule has 118 valence electrons. The van der Waals surface area contributed by atoms with Crippen LogP contribution in [-0.2, 0) is 22.5 Å². The third-order valence-electron chi connectivity index (χ3n) is 3.05. The van der Waals surface area contributed by atoms with Crippen LogP contribution in [0, 0.1) is 0 Å². The summed E-state index contributed by atoms with van der Waals surface area (Å²) in [5.74, 6) is 0.608. The maximum absolute atomic E-state index is 11.8. The van der Waals surface area contributed by atoms with Gasteiger partial charge in [0.2, 0.25) is 11.8 Å². The van der Waals surface area contributed by atoms with Crippen molar-refractivity contribution in [2.45, 2.75) is 19.4 Å². The zero-order valence-electron chi connectivity index (χ0n) is 12.6. The molecule has 0 bridgehead atoms. The number of aromatic nitrogens is 1. The fourth-order valence-electron chi connectivity index (χ4n) is 1.81. The van der Waals surface area contributed by atoms with Gasteiger partial charge in [-0.25, -0.2) is 4.98 Å². The van der Waals surface area contributed by atoms with Gasteiger partial charge in [-0.3, -0.25) is 4.79 Å². The molecule has 1 amide bonds. The second kappa shape index (κ2) is 9.17. The van der Waals surface area contributed by atoms with Crippen molar-refractivity contribution in [2.24, 2.45) is 0 Å². The molecule has 0 aliphatic heterocycles. The predicted octanol–water partition coefficient (Wildman–Crippen LogP) is 2.42. The van der Waals surface area contributed by atoms with Crippen LogP contribution >= 0.6 is 11.3 Å². The molecule has 0 radical (unpaired) electrons. The summed E-state index contributed by atoms with van der Waals surface area (Å²) in [7, 11) is 1.63. The summed E-state index contributed by atoms with van der Waals surface area (Å²) in [5.41, 5.74) is 2.15. The van der Waals surface area contributed by atoms with Crippen molar-refractivity contribution in [3.05, 3.63) is 46.3 Å². The van der Waals surface area contributed by atoms with Crippen LogP contribution in [0.1, 0.15) is 17.5 Å². The Morgan fingerprint density at radius 2 is 2.18 bits per heavy atom. The van der Waals surface area contributed by atoms with Gasteiger partial charge in [0.1, 0.15) is 6.61 Å². The molecule has 2 rings (SSSR count). The molecular weight excluding hydrogens is 300 g/mol. The Morgan fingerprint density at radius 3 is 2.86 bits per heavy atom. The topological polar surface area (TPSA) is 60.5 Å². The van der Waals surface area contributed by atoms with E-state index in [0.29, 0.717) is 32.1 Å². The molecule has 1 N–H and O–H groups in total. The summed E-state index contributed by atoms with van der Waals surface area (Å²) in [6.45, 7) is 1.49. The Balaban J connectivity index is 1.68. The van der Waals surface area contributed by atoms with E-state index in [1.807, 2.05) is 17.5 Å². The van der Waals surface area contributed by atoms with E-state index in [2.05, 4.69) is 15.7 Å². The number of carbonyl (C=O) groups excluding carboxylic acids is 1. The van der Waals surface area contributed by atoms with Gasteiger partial charge in [-0.15, -0.1) is 0 Å². The van der Waals surface area contributed by atoms with E-state index in [-0.39, 0.29) is 5.91 Å². The third-order valence-corrected chi connectivity index (χ3v) is 3.78. The van der Waals surface area contributed by atoms with Crippen LogP contribution < -0.4 is 10.1 Å². The van der Waals surface area contributed by atoms with E-state index in [9.17, 15) is 4.79 Å². The second-order valence-corrected chi connectivity index (χ2v) is 5.53. The third kappa shape index (κ3) is 5.83. The van der Waals surface area contributed by atoms with Gasteiger partial charge < -0.3 is 14.8 Å². The van der Waals surface area contributed by atoms with Gasteiger partial charge in [0.25, 0.3) is 0 Å². The first-order valence-corrected chi connectivity index (χ1v) is 8.06. The van der Waals surface area contributed by atoms with Crippen molar-refractivity contribution in [3.63, 3.8) is 0 Å². The molecule has 6 heteroatoms. The molecule has 2 aromatic rings. The van der Waals surface area contributed by atoms with Gasteiger partial charge in [-0.1, -0.05) is 6.07 Å². The molecule has 0 saturated carbocycles. The minimum Gasteiger partial charge on any atom is -0.475 e. The monoisotopic (exact) mass is 320 g/mol. The summed E-state index contributed by atoms with van der Waals surface area (Å²) in [6, 6.07) is 5.74. The molecule has 0 aromatic carbocycles. The van der Waals surface area contributed by atoms with Crippen molar-refractivity contribution in [2.75, 3.05) is 20.3 Å². The standard InChI is InChI=1S/C16H20N2O3S/c1-20-7-8-21-16-5-3-14(11-18-16)10-17-15(19)4-2-13-6-9-22-12-13/h3,5-6,9,11-12H,2,4,7-8,10H2,1H3,(H,17,19). The maximum Gasteiger partial charge on any atom is 0.220 e. The molecular formula is C16H20N2O3S. The number of pyridine rings is 1. The number of carbonyl (C=O) groups is 1. The quantitative estimate of drug-likeness (QED) is 0.721. The zero-order valence-corrected chi connectivity index (χ0v) is 13.4. The van der Waals surface area contributed by atoms with E-state index < -0.39 is 0 Å². The average Bonchev–Trinajstić information content (AvgIpc) is 3.06. The molecule has 0 saturated heterocycles. The highest BCUT2D eigenvalue weighted by molar-refractivity contribution is 7.07. The molecule has 0 atom stereocenters. The minimum atomic E-state index is 0.0478. The summed E-state index contributed by atoms with van der Waals surface area (Å²) in [4.78, 5) is 16.0. The summed E-state index contributed by atoms with van der Waals surface area (Å²) >= 11 is 1.65. The highest BCUT2D eigenvalue weighted by atomic mass is 32.1. The lowest BCUT2D eigenvalue weighted by Gasteiger charge is -2.07. The van der Waals surface area contributed by atoms with Gasteiger partial charge in [0.05, 0.1) is 6.61 Å². The molecule has 0 unspecified atom stereocenters. The van der Waals surface area contributed by atoms with E-state index in [1.54, 1.807) is 30.7 Å². The van der Waals surface area contributed by atoms with Gasteiger partial charge in [-0.05, 0) is 34.4 Å². The minimum absolute atomic E-state index is 0.0478. The number of amides is 1. The Labute approximate surface area is 134 Å². The number of hydrogen-bond donors (Lipinski definition) is 1. The molecule has 0 spiro atoms. The molecule has 0 aliphatic rings. The van der Waals surface area contributed by atoms with Crippen molar-refractivity contribution in [3.8, 4) is 5.88 Å². The smallest absolute Gasteiger partial charge is 0.220 e. The highest BCUT2D eigenvalue weighted by Gasteiger charge is 2.03. The summed E-state index contributed by atoms with van der Waals surface area (Å²) in [6.07, 6.45) is 2.99. The number of methoxy groups -OCH3 is 1. The summed E-state index contributed by atoms with van der Waals surface area (Å²) < 4.78 is 10.3. The van der Waals surface area contributed by atoms with Crippen LogP contribution in [0.5, 0.6) is 5.88 Å². The Bertz CT molecular complexity index is 555. The van der Waals surface area contributed by atoms with E-state index in [1.165, 1.54) is 5.56 Å². The molecule has 5 nitrogen and oxygen atoms in total. The van der Waals surface area contributed by atoms with E-state index in [0.717, 1.165) is 12.0 Å². The number of thiophene rings is 1. The normalized spacial score (nSPS) is 10.4. The summed E-state index contributed by atoms with van der Waals surface area (Å²) in [5, 5.41) is 6.99. The van der Waals surface area contributed by atoms with Crippen LogP contribution in [0.15, 0.2) is 35.2 Å². The van der Waals surface area contributed by atoms with Crippen LogP contribution in [0.2, 0.25) is 0 Å². The largest absolute Gasteiger partial charge is 0.475 e. The van der Waals surface area contributed by atoms with Gasteiger partial charge >= 0.3 is 0 Å². The molecule has 0 aliphatic carbocycles. The first-order valence-electron chi connectivity index (χ1n) is 7.12. The molecule has 2 aromatic heterocycles. The predicted molar refractivity (Wildman–Crippen MR) is 86.1 cm³/mol. The van der Waals surface area contributed by atoms with Crippen LogP contribution in [0.25, 0.3) is 0 Å². The van der Waals surface area contributed by atoms with Crippen molar-refractivity contribution < 1.29 is 14.3 Å². The van der Waals surface area contributed by atoms with Crippen molar-refractivity contribution >= 4 is 17.2 Å². The number of ether oxygens (including phenoxy) is 2. The molecule has 0 fully saturated rings. The van der Waals surface area contributed by atoms with Crippen LogP contribution in [0.4, 0.5) is 0 Å². The zero-order chi connectivity index (χ0) is 15.6. The highest BCUT2D eigenvalue weighted by Crippen LogP contribution is 2.09. The molecule has 2 heterocycles. The van der Waals surface area contributed by atoms with Crippen LogP contribution in [-0.4, -0.2) is 31.2 Å². The number of nitrogens with one attached hydrogen (secondary N) is 1. The fourth-order valence-corrected chi connectivity index (χ4v) is 2.52. The lowest BCUT2D eigenvalue weighted by atomic mass is 10.2. The van der Waals surface area contributed by atoms with E-state index >= 15 is 0 Å². The first kappa shape index (κ1) is 16.5. The van der Waals surface area contributed by atoms with Gasteiger partial charge in [-0.2, -0.15) is 11.3 Å². The lowest BCUT2D eigenvalue weighted by molar-refractivity contribution is -0.121. The van der Waals surface area contributed by atoms with Crippen molar-refractivity contribution in [1.82, 2.24) is 10.3 Å². The number of aryl methyl sites for hydroxylation is 1. The second-order valence-electron chi connectivity index (χ2n) is 4.75. The number of hydrogen-bond acceptors (Lipinski definition) is 5. The fraction of sp³-hybridized carbons (Fsp3) is 0.375. The van der Waals surface area contributed by atoms with Crippen LogP contribution in [0.3, 0.4) is 0 Å². The molecule has 22 heavy (non-hydrogen) atoms. The lowest BCUT2D eigenvalue weighted by Crippen LogP contribution is -2.23. The Morgan fingerprint density at radius 1 is 1.27 bits per heavy atom. The maximum atomic E-state index is 11.8. The SMILES string of the molecule is COCCOc1ccc(CNC(=O)CCc2ccsc2)cn1.